The van der Waals surface area contributed by atoms with Crippen LogP contribution in [0.5, 0.6) is 0 Å². The Kier molecular flexibility index (Phi) is 9.58. The Labute approximate surface area is 457 Å². The van der Waals surface area contributed by atoms with Crippen molar-refractivity contribution in [1.82, 2.24) is 0 Å². The van der Waals surface area contributed by atoms with Gasteiger partial charge in [0, 0.05) is 22.4 Å². The van der Waals surface area contributed by atoms with Crippen LogP contribution >= 0.6 is 0 Å². The second-order valence-electron chi connectivity index (χ2n) is 22.2. The zero-order valence-corrected chi connectivity index (χ0v) is 43.6. The van der Waals surface area contributed by atoms with E-state index in [9.17, 15) is 0 Å². The van der Waals surface area contributed by atoms with Gasteiger partial charge in [0.15, 0.2) is 0 Å². The van der Waals surface area contributed by atoms with E-state index in [1.54, 1.807) is 0 Å². The summed E-state index contributed by atoms with van der Waals surface area (Å²) in [4.78, 5) is 2.61. The van der Waals surface area contributed by atoms with E-state index in [2.05, 4.69) is 304 Å². The van der Waals surface area contributed by atoms with E-state index in [0.29, 0.717) is 0 Å². The minimum Gasteiger partial charge on any atom is -0.310 e. The summed E-state index contributed by atoms with van der Waals surface area (Å²) in [6.45, 7) is 4.80. The molecule has 0 saturated heterocycles. The number of benzene rings is 12. The van der Waals surface area contributed by atoms with Crippen LogP contribution in [0.2, 0.25) is 0 Å². The van der Waals surface area contributed by atoms with E-state index in [4.69, 9.17) is 0 Å². The topological polar surface area (TPSA) is 3.24 Å². The summed E-state index contributed by atoms with van der Waals surface area (Å²) in [5.74, 6) is 0. The van der Waals surface area contributed by atoms with Crippen LogP contribution in [0.4, 0.5) is 17.1 Å². The van der Waals surface area contributed by atoms with Crippen LogP contribution < -0.4 is 4.90 Å². The third kappa shape index (κ3) is 5.96. The number of fused-ring (bicyclic) bond motifs is 16. The number of hydrogen-bond acceptors (Lipinski definition) is 1. The Morgan fingerprint density at radius 1 is 0.244 bits per heavy atom. The molecule has 0 heterocycles. The van der Waals surface area contributed by atoms with Gasteiger partial charge in [-0.1, -0.05) is 263 Å². The highest BCUT2D eigenvalue weighted by molar-refractivity contribution is 6.04. The van der Waals surface area contributed by atoms with E-state index in [-0.39, 0.29) is 5.41 Å². The fraction of sp³-hybridized carbons (Fsp3) is 0.0649. The number of hydrogen-bond donors (Lipinski definition) is 0. The first-order valence-electron chi connectivity index (χ1n) is 27.5. The maximum Gasteiger partial charge on any atom is 0.0726 e. The molecule has 0 saturated carbocycles. The Balaban J connectivity index is 0.991. The second-order valence-corrected chi connectivity index (χ2v) is 22.2. The van der Waals surface area contributed by atoms with Crippen LogP contribution in [0.15, 0.2) is 285 Å². The summed E-state index contributed by atoms with van der Waals surface area (Å²) < 4.78 is 0. The molecule has 1 nitrogen and oxygen atoms in total. The Morgan fingerprint density at radius 2 is 0.667 bits per heavy atom. The Morgan fingerprint density at radius 3 is 1.29 bits per heavy atom. The van der Waals surface area contributed by atoms with Crippen molar-refractivity contribution >= 4 is 17.1 Å². The zero-order chi connectivity index (χ0) is 51.7. The molecule has 16 rings (SSSR count). The normalized spacial score (nSPS) is 15.8. The first-order chi connectivity index (χ1) is 38.5. The maximum absolute atomic E-state index is 2.61. The molecule has 4 aliphatic rings. The maximum atomic E-state index is 2.61. The molecule has 4 aliphatic carbocycles. The monoisotopic (exact) mass is 991 g/mol. The molecule has 0 radical (unpaired) electrons. The van der Waals surface area contributed by atoms with Crippen LogP contribution in [-0.4, -0.2) is 0 Å². The van der Waals surface area contributed by atoms with Gasteiger partial charge in [-0.05, 0) is 153 Å². The molecule has 366 valence electrons. The minimum atomic E-state index is -0.635. The lowest BCUT2D eigenvalue weighted by Gasteiger charge is -2.35. The minimum absolute atomic E-state index is 0.206. The van der Waals surface area contributed by atoms with Crippen LogP contribution in [0, 0.1) is 0 Å². The van der Waals surface area contributed by atoms with E-state index in [0.717, 1.165) is 17.1 Å². The Hall–Kier alpha value is -9.56. The lowest BCUT2D eigenvalue weighted by molar-refractivity contribution is 0.660. The molecule has 1 heteroatoms. The molecular formula is C77H53N. The average molecular weight is 992 g/mol. The van der Waals surface area contributed by atoms with Crippen molar-refractivity contribution < 1.29 is 0 Å². The molecule has 0 fully saturated rings. The van der Waals surface area contributed by atoms with Gasteiger partial charge in [-0.25, -0.2) is 0 Å². The highest BCUT2D eigenvalue weighted by atomic mass is 15.1. The van der Waals surface area contributed by atoms with Crippen LogP contribution in [-0.2, 0) is 16.2 Å². The zero-order valence-electron chi connectivity index (χ0n) is 43.6. The van der Waals surface area contributed by atoms with Crippen molar-refractivity contribution in [3.05, 3.63) is 341 Å². The molecule has 1 atom stereocenters. The summed E-state index contributed by atoms with van der Waals surface area (Å²) in [5, 5.41) is 0. The average Bonchev–Trinajstić information content (AvgIpc) is 3.96. The van der Waals surface area contributed by atoms with Crippen LogP contribution in [0.1, 0.15) is 69.5 Å². The molecule has 78 heavy (non-hydrogen) atoms. The van der Waals surface area contributed by atoms with Gasteiger partial charge < -0.3 is 4.90 Å². The van der Waals surface area contributed by atoms with E-state index >= 15 is 0 Å². The third-order valence-corrected chi connectivity index (χ3v) is 18.2. The van der Waals surface area contributed by atoms with Gasteiger partial charge in [-0.15, -0.1) is 0 Å². The Bertz CT molecular complexity index is 4360. The van der Waals surface area contributed by atoms with E-state index in [1.807, 2.05) is 0 Å². The highest BCUT2D eigenvalue weighted by Gasteiger charge is 2.53. The first-order valence-corrected chi connectivity index (χ1v) is 27.5. The van der Waals surface area contributed by atoms with Crippen LogP contribution in [0.25, 0.3) is 66.8 Å². The van der Waals surface area contributed by atoms with Crippen molar-refractivity contribution in [3.8, 4) is 66.8 Å². The van der Waals surface area contributed by atoms with Crippen molar-refractivity contribution in [1.29, 1.82) is 0 Å². The quantitative estimate of drug-likeness (QED) is 0.154. The predicted molar refractivity (Wildman–Crippen MR) is 323 cm³/mol. The molecule has 0 N–H and O–H groups in total. The fourth-order valence-corrected chi connectivity index (χ4v) is 14.9. The summed E-state index contributed by atoms with van der Waals surface area (Å²) >= 11 is 0. The number of nitrogens with zero attached hydrogens (tertiary/aromatic N) is 1. The first kappa shape index (κ1) is 44.7. The van der Waals surface area contributed by atoms with Crippen molar-refractivity contribution in [2.45, 2.75) is 30.1 Å². The molecule has 1 spiro atoms. The van der Waals surface area contributed by atoms with E-state index in [1.165, 1.54) is 122 Å². The van der Waals surface area contributed by atoms with Gasteiger partial charge >= 0.3 is 0 Å². The molecule has 0 bridgehead atoms. The lowest BCUT2D eigenvalue weighted by Crippen LogP contribution is -2.29. The molecule has 0 aromatic heterocycles. The lowest BCUT2D eigenvalue weighted by atomic mass is 9.67. The molecular weight excluding hydrogens is 939 g/mol. The van der Waals surface area contributed by atoms with Crippen molar-refractivity contribution in [2.24, 2.45) is 0 Å². The van der Waals surface area contributed by atoms with Gasteiger partial charge in [-0.3, -0.25) is 0 Å². The molecule has 0 amide bonds. The highest BCUT2D eigenvalue weighted by Crippen LogP contribution is 2.66. The van der Waals surface area contributed by atoms with Crippen molar-refractivity contribution in [3.63, 3.8) is 0 Å². The van der Waals surface area contributed by atoms with Gasteiger partial charge in [-0.2, -0.15) is 0 Å². The predicted octanol–water partition coefficient (Wildman–Crippen LogP) is 19.5. The van der Waals surface area contributed by atoms with Gasteiger partial charge in [0.1, 0.15) is 0 Å². The largest absolute Gasteiger partial charge is 0.310 e. The SMILES string of the molecule is CC1(C)c2ccccc2-c2ccc(N(c3ccc4c(c3)C(c3ccccc3)(c3ccccc3)c3cc(-c5ccccc5)ccc3-4)c3cccc4c3-c3ccccc3C43c4ccccc4-c4c(-c5ccccc5)cccc43)cc21. The smallest absolute Gasteiger partial charge is 0.0726 e. The summed E-state index contributed by atoms with van der Waals surface area (Å²) in [7, 11) is 0. The number of rotatable bonds is 7. The summed E-state index contributed by atoms with van der Waals surface area (Å²) in [6, 6.07) is 108. The second kappa shape index (κ2) is 16.7. The van der Waals surface area contributed by atoms with Gasteiger partial charge in [0.05, 0.1) is 16.5 Å². The van der Waals surface area contributed by atoms with Crippen molar-refractivity contribution in [2.75, 3.05) is 4.90 Å². The standard InChI is InChI=1S/C77H53N/c1-75(2)64-35-18-15-31-58(64)59-45-42-55(48-69(59)75)78(56-43-46-61-60-44-41-52(50-23-7-3-8-24-50)47-70(60)76(71(61)49-56,53-27-11-5-12-28-53)54-29-13-6-14-30-54)72-40-22-39-68-74(72)63-33-17-20-37-66(63)77(68)65-36-19-16-32-62(65)73-57(34-21-38-67(73)77)51-25-9-4-10-26-51/h3-49H,1-2H3. The molecule has 12 aromatic rings. The summed E-state index contributed by atoms with van der Waals surface area (Å²) in [6.07, 6.45) is 0. The summed E-state index contributed by atoms with van der Waals surface area (Å²) in [5.41, 5.74) is 30.2. The third-order valence-electron chi connectivity index (χ3n) is 18.2. The number of anilines is 3. The molecule has 1 unspecified atom stereocenters. The molecule has 0 aliphatic heterocycles. The molecule has 12 aromatic carbocycles. The van der Waals surface area contributed by atoms with E-state index < -0.39 is 10.8 Å². The van der Waals surface area contributed by atoms with Crippen LogP contribution in [0.3, 0.4) is 0 Å². The van der Waals surface area contributed by atoms with Gasteiger partial charge in [0.25, 0.3) is 0 Å². The fourth-order valence-electron chi connectivity index (χ4n) is 14.9. The van der Waals surface area contributed by atoms with Gasteiger partial charge in [0.2, 0.25) is 0 Å².